The number of hydrogen-bond acceptors (Lipinski definition) is 2. The molecule has 2 heteroatoms. The van der Waals surface area contributed by atoms with Crippen molar-refractivity contribution in [2.75, 3.05) is 25.1 Å². The van der Waals surface area contributed by atoms with Gasteiger partial charge in [-0.05, 0) is 30.7 Å². The van der Waals surface area contributed by atoms with Gasteiger partial charge < -0.3 is 9.64 Å². The van der Waals surface area contributed by atoms with Gasteiger partial charge in [-0.3, -0.25) is 0 Å². The van der Waals surface area contributed by atoms with Gasteiger partial charge >= 0.3 is 0 Å². The van der Waals surface area contributed by atoms with E-state index in [4.69, 9.17) is 4.74 Å². The number of nitrogens with zero attached hydrogens (tertiary/aromatic N) is 1. The van der Waals surface area contributed by atoms with Crippen LogP contribution in [0.2, 0.25) is 0 Å². The molecule has 0 atom stereocenters. The lowest BCUT2D eigenvalue weighted by Crippen LogP contribution is -2.24. The van der Waals surface area contributed by atoms with Gasteiger partial charge in [-0.1, -0.05) is 36.4 Å². The van der Waals surface area contributed by atoms with Crippen LogP contribution in [0.5, 0.6) is 5.75 Å². The number of aryl methyl sites for hydroxylation is 1. The van der Waals surface area contributed by atoms with E-state index in [0.717, 1.165) is 12.3 Å². The minimum absolute atomic E-state index is 0.689. The van der Waals surface area contributed by atoms with Crippen molar-refractivity contribution < 1.29 is 4.74 Å². The van der Waals surface area contributed by atoms with Crippen molar-refractivity contribution in [3.05, 3.63) is 60.2 Å². The summed E-state index contributed by atoms with van der Waals surface area (Å²) in [5.41, 5.74) is 2.55. The SMILES string of the molecule is Cc1ccccc1N(C)CCOc1ccccc1. The monoisotopic (exact) mass is 241 g/mol. The molecule has 2 nitrogen and oxygen atoms in total. The first-order valence-corrected chi connectivity index (χ1v) is 6.22. The van der Waals surface area contributed by atoms with Crippen LogP contribution >= 0.6 is 0 Å². The maximum absolute atomic E-state index is 5.70. The Kier molecular flexibility index (Phi) is 4.24. The van der Waals surface area contributed by atoms with E-state index >= 15 is 0 Å². The number of likely N-dealkylation sites (N-methyl/N-ethyl adjacent to an activating group) is 1. The Morgan fingerprint density at radius 2 is 1.61 bits per heavy atom. The van der Waals surface area contributed by atoms with E-state index in [0.29, 0.717) is 6.61 Å². The summed E-state index contributed by atoms with van der Waals surface area (Å²) < 4.78 is 5.70. The Labute approximate surface area is 109 Å². The molecule has 2 rings (SSSR count). The van der Waals surface area contributed by atoms with Crippen molar-refractivity contribution in [3.63, 3.8) is 0 Å². The van der Waals surface area contributed by atoms with Gasteiger partial charge in [-0.15, -0.1) is 0 Å². The quantitative estimate of drug-likeness (QED) is 0.794. The first-order chi connectivity index (χ1) is 8.77. The van der Waals surface area contributed by atoms with Crippen LogP contribution in [0.25, 0.3) is 0 Å². The van der Waals surface area contributed by atoms with Crippen molar-refractivity contribution >= 4 is 5.69 Å². The van der Waals surface area contributed by atoms with E-state index in [1.807, 2.05) is 30.3 Å². The molecule has 0 amide bonds. The zero-order valence-corrected chi connectivity index (χ0v) is 11.0. The van der Waals surface area contributed by atoms with Gasteiger partial charge in [-0.2, -0.15) is 0 Å². The first-order valence-electron chi connectivity index (χ1n) is 6.22. The second-order valence-electron chi connectivity index (χ2n) is 4.37. The van der Waals surface area contributed by atoms with Gasteiger partial charge in [0, 0.05) is 12.7 Å². The number of hydrogen-bond donors (Lipinski definition) is 0. The fraction of sp³-hybridized carbons (Fsp3) is 0.250. The fourth-order valence-electron chi connectivity index (χ4n) is 1.93. The highest BCUT2D eigenvalue weighted by atomic mass is 16.5. The van der Waals surface area contributed by atoms with E-state index in [1.54, 1.807) is 0 Å². The van der Waals surface area contributed by atoms with Crippen LogP contribution in [0, 0.1) is 6.92 Å². The third-order valence-electron chi connectivity index (χ3n) is 2.97. The van der Waals surface area contributed by atoms with Crippen molar-refractivity contribution in [1.29, 1.82) is 0 Å². The van der Waals surface area contributed by atoms with Crippen LogP contribution in [0.4, 0.5) is 5.69 Å². The number of benzene rings is 2. The van der Waals surface area contributed by atoms with Crippen LogP contribution in [0.1, 0.15) is 5.56 Å². The maximum atomic E-state index is 5.70. The minimum Gasteiger partial charge on any atom is -0.492 e. The summed E-state index contributed by atoms with van der Waals surface area (Å²) in [6.07, 6.45) is 0. The molecule has 18 heavy (non-hydrogen) atoms. The van der Waals surface area contributed by atoms with Crippen LogP contribution in [0.3, 0.4) is 0 Å². The highest BCUT2D eigenvalue weighted by molar-refractivity contribution is 5.52. The number of rotatable bonds is 5. The van der Waals surface area contributed by atoms with E-state index < -0.39 is 0 Å². The summed E-state index contributed by atoms with van der Waals surface area (Å²) >= 11 is 0. The predicted molar refractivity (Wildman–Crippen MR) is 76.4 cm³/mol. The molecule has 0 fully saturated rings. The molecule has 0 saturated heterocycles. The molecule has 0 bridgehead atoms. The molecule has 0 unspecified atom stereocenters. The van der Waals surface area contributed by atoms with Crippen LogP contribution in [-0.4, -0.2) is 20.2 Å². The average molecular weight is 241 g/mol. The minimum atomic E-state index is 0.689. The molecule has 0 N–H and O–H groups in total. The second-order valence-corrected chi connectivity index (χ2v) is 4.37. The van der Waals surface area contributed by atoms with Gasteiger partial charge in [0.2, 0.25) is 0 Å². The van der Waals surface area contributed by atoms with Gasteiger partial charge in [-0.25, -0.2) is 0 Å². The molecule has 2 aromatic carbocycles. The van der Waals surface area contributed by atoms with Crippen molar-refractivity contribution in [3.8, 4) is 5.75 Å². The summed E-state index contributed by atoms with van der Waals surface area (Å²) in [7, 11) is 2.09. The lowest BCUT2D eigenvalue weighted by molar-refractivity contribution is 0.326. The number of para-hydroxylation sites is 2. The predicted octanol–water partition coefficient (Wildman–Crippen LogP) is 3.51. The van der Waals surface area contributed by atoms with Crippen molar-refractivity contribution in [2.24, 2.45) is 0 Å². The normalized spacial score (nSPS) is 10.1. The van der Waals surface area contributed by atoms with E-state index in [-0.39, 0.29) is 0 Å². The molecule has 2 aromatic rings. The molecule has 0 heterocycles. The average Bonchev–Trinajstić information content (AvgIpc) is 2.40. The van der Waals surface area contributed by atoms with Gasteiger partial charge in [0.15, 0.2) is 0 Å². The topological polar surface area (TPSA) is 12.5 Å². The Balaban J connectivity index is 1.86. The third kappa shape index (κ3) is 3.27. The fourth-order valence-corrected chi connectivity index (χ4v) is 1.93. The molecule has 0 radical (unpaired) electrons. The molecular weight excluding hydrogens is 222 g/mol. The molecular formula is C16H19NO. The Bertz CT molecular complexity index is 481. The van der Waals surface area contributed by atoms with Crippen LogP contribution in [-0.2, 0) is 0 Å². The van der Waals surface area contributed by atoms with Gasteiger partial charge in [0.1, 0.15) is 12.4 Å². The first kappa shape index (κ1) is 12.5. The summed E-state index contributed by atoms with van der Waals surface area (Å²) in [6.45, 7) is 3.69. The number of ether oxygens (including phenoxy) is 1. The number of anilines is 1. The highest BCUT2D eigenvalue weighted by Crippen LogP contribution is 2.17. The summed E-state index contributed by atoms with van der Waals surface area (Å²) in [5.74, 6) is 0.927. The smallest absolute Gasteiger partial charge is 0.119 e. The lowest BCUT2D eigenvalue weighted by Gasteiger charge is -2.21. The van der Waals surface area contributed by atoms with E-state index in [2.05, 4.69) is 43.1 Å². The summed E-state index contributed by atoms with van der Waals surface area (Å²) in [5, 5.41) is 0. The summed E-state index contributed by atoms with van der Waals surface area (Å²) in [6, 6.07) is 18.3. The lowest BCUT2D eigenvalue weighted by atomic mass is 10.2. The van der Waals surface area contributed by atoms with Crippen LogP contribution in [0.15, 0.2) is 54.6 Å². The Morgan fingerprint density at radius 1 is 0.944 bits per heavy atom. The molecule has 94 valence electrons. The van der Waals surface area contributed by atoms with Gasteiger partial charge in [0.05, 0.1) is 6.54 Å². The molecule has 0 aliphatic rings. The highest BCUT2D eigenvalue weighted by Gasteiger charge is 2.03. The van der Waals surface area contributed by atoms with E-state index in [9.17, 15) is 0 Å². The summed E-state index contributed by atoms with van der Waals surface area (Å²) in [4.78, 5) is 2.22. The van der Waals surface area contributed by atoms with Crippen molar-refractivity contribution in [1.82, 2.24) is 0 Å². The molecule has 0 aliphatic heterocycles. The van der Waals surface area contributed by atoms with E-state index in [1.165, 1.54) is 11.3 Å². The molecule has 0 aromatic heterocycles. The Morgan fingerprint density at radius 3 is 2.33 bits per heavy atom. The molecule has 0 saturated carbocycles. The molecule has 0 spiro atoms. The Hall–Kier alpha value is -1.96. The zero-order valence-electron chi connectivity index (χ0n) is 11.0. The van der Waals surface area contributed by atoms with Crippen molar-refractivity contribution in [2.45, 2.75) is 6.92 Å². The standard InChI is InChI=1S/C16H19NO/c1-14-8-6-7-11-16(14)17(2)12-13-18-15-9-4-3-5-10-15/h3-11H,12-13H2,1-2H3. The third-order valence-corrected chi connectivity index (χ3v) is 2.97. The maximum Gasteiger partial charge on any atom is 0.119 e. The van der Waals surface area contributed by atoms with Gasteiger partial charge in [0.25, 0.3) is 0 Å². The molecule has 0 aliphatic carbocycles. The van der Waals surface area contributed by atoms with Crippen LogP contribution < -0.4 is 9.64 Å². The largest absolute Gasteiger partial charge is 0.492 e. The second kappa shape index (κ2) is 6.10. The zero-order chi connectivity index (χ0) is 12.8.